The van der Waals surface area contributed by atoms with Crippen LogP contribution in [-0.2, 0) is 20.7 Å². The number of benzene rings is 2. The van der Waals surface area contributed by atoms with E-state index in [1.165, 1.54) is 32.0 Å². The number of carboxylic acid groups (broad SMARTS) is 1. The largest absolute Gasteiger partial charge is 0.480 e. The Morgan fingerprint density at radius 3 is 2.42 bits per heavy atom. The highest BCUT2D eigenvalue weighted by molar-refractivity contribution is 6.30. The summed E-state index contributed by atoms with van der Waals surface area (Å²) in [6.07, 6.45) is 1.47. The number of aliphatic carboxylic acids is 1. The Morgan fingerprint density at radius 1 is 1.05 bits per heavy atom. The summed E-state index contributed by atoms with van der Waals surface area (Å²) in [5.74, 6) is -4.54. The van der Waals surface area contributed by atoms with Gasteiger partial charge in [-0.1, -0.05) is 29.8 Å². The number of ether oxygens (including phenoxy) is 1. The highest BCUT2D eigenvalue weighted by atomic mass is 35.5. The monoisotopic (exact) mass is 621 g/mol. The van der Waals surface area contributed by atoms with E-state index in [9.17, 15) is 23.5 Å². The predicted octanol–water partition coefficient (Wildman–Crippen LogP) is 4.88. The van der Waals surface area contributed by atoms with Gasteiger partial charge in [0.1, 0.15) is 11.4 Å². The van der Waals surface area contributed by atoms with Gasteiger partial charge in [-0.25, -0.2) is 13.2 Å². The maximum absolute atomic E-state index is 15.2. The number of nitrogens with zero attached hydrogens (tertiary/aromatic N) is 3. The molecule has 11 heteroatoms. The van der Waals surface area contributed by atoms with Crippen molar-refractivity contribution in [3.8, 4) is 0 Å². The van der Waals surface area contributed by atoms with Crippen molar-refractivity contribution in [2.45, 2.75) is 63.6 Å². The van der Waals surface area contributed by atoms with E-state index in [0.29, 0.717) is 36.9 Å². The fourth-order valence-corrected chi connectivity index (χ4v) is 7.17. The quantitative estimate of drug-likeness (QED) is 0.475. The Labute approximate surface area is 255 Å². The second-order valence-electron chi connectivity index (χ2n) is 12.4. The molecule has 4 atom stereocenters. The Bertz CT molecular complexity index is 1370. The van der Waals surface area contributed by atoms with Crippen LogP contribution in [0.4, 0.5) is 13.2 Å². The van der Waals surface area contributed by atoms with Crippen molar-refractivity contribution >= 4 is 23.5 Å². The van der Waals surface area contributed by atoms with Crippen molar-refractivity contribution in [1.82, 2.24) is 14.7 Å². The summed E-state index contributed by atoms with van der Waals surface area (Å²) in [7, 11) is 0. The molecule has 234 valence electrons. The average Bonchev–Trinajstić information content (AvgIpc) is 3.42. The molecule has 3 aliphatic rings. The molecule has 0 saturated carbocycles. The second-order valence-corrected chi connectivity index (χ2v) is 12.9. The van der Waals surface area contributed by atoms with Crippen LogP contribution in [0.1, 0.15) is 49.3 Å². The lowest BCUT2D eigenvalue weighted by Gasteiger charge is -2.47. The smallest absolute Gasteiger partial charge is 0.324 e. The summed E-state index contributed by atoms with van der Waals surface area (Å²) in [4.78, 5) is 32.5. The van der Waals surface area contributed by atoms with E-state index in [1.54, 1.807) is 21.9 Å². The van der Waals surface area contributed by atoms with E-state index in [4.69, 9.17) is 16.3 Å². The Kier molecular flexibility index (Phi) is 9.42. The highest BCUT2D eigenvalue weighted by Gasteiger charge is 2.48. The van der Waals surface area contributed by atoms with Gasteiger partial charge in [0.25, 0.3) is 0 Å². The number of carbonyl (C=O) groups excluding carboxylic acids is 1. The number of amides is 1. The third kappa shape index (κ3) is 6.30. The first-order chi connectivity index (χ1) is 20.4. The van der Waals surface area contributed by atoms with Gasteiger partial charge in [0.2, 0.25) is 5.91 Å². The Morgan fingerprint density at radius 2 is 1.77 bits per heavy atom. The van der Waals surface area contributed by atoms with Crippen LogP contribution in [0.15, 0.2) is 30.3 Å². The standard InChI is InChI=1S/C32H39ClF3N3O4/c1-19-4-5-21(29(36)28(19)35)15-32(3,31(41)42)38-10-11-39(20(2)16-38)30(40)26-18-37(23-8-12-43-13-9-23)17-25(26)24-7-6-22(33)14-27(24)34/h4-7,14,20,23,25-26H,8-13,15-18H2,1-3H3,(H,41,42)/t20-,25-,26+,32?/m0/s1. The minimum absolute atomic E-state index is 0.00819. The van der Waals surface area contributed by atoms with Crippen LogP contribution in [0.5, 0.6) is 0 Å². The molecule has 43 heavy (non-hydrogen) atoms. The summed E-state index contributed by atoms with van der Waals surface area (Å²) in [5, 5.41) is 10.6. The summed E-state index contributed by atoms with van der Waals surface area (Å²) < 4.78 is 49.7. The number of carbonyl (C=O) groups is 2. The van der Waals surface area contributed by atoms with Gasteiger partial charge in [0.05, 0.1) is 5.92 Å². The molecule has 3 aliphatic heterocycles. The minimum Gasteiger partial charge on any atom is -0.480 e. The van der Waals surface area contributed by atoms with Gasteiger partial charge in [-0.2, -0.15) is 0 Å². The van der Waals surface area contributed by atoms with Crippen LogP contribution in [0, 0.1) is 30.3 Å². The van der Waals surface area contributed by atoms with Gasteiger partial charge in [-0.3, -0.25) is 19.4 Å². The molecule has 0 radical (unpaired) electrons. The first-order valence-electron chi connectivity index (χ1n) is 14.9. The zero-order chi connectivity index (χ0) is 31.1. The first kappa shape index (κ1) is 31.8. The van der Waals surface area contributed by atoms with Crippen molar-refractivity contribution < 1.29 is 32.6 Å². The van der Waals surface area contributed by atoms with Crippen molar-refractivity contribution in [2.75, 3.05) is 45.9 Å². The SMILES string of the molecule is Cc1ccc(CC(C)(C(=O)O)N2CCN(C(=O)[C@@H]3CN(C4CCOCC4)C[C@H]3c3ccc(Cl)cc3F)[C@@H](C)C2)c(F)c1F. The molecule has 0 aliphatic carbocycles. The normalized spacial score (nSPS) is 25.6. The molecule has 1 amide bonds. The number of halogens is 4. The molecule has 3 fully saturated rings. The van der Waals surface area contributed by atoms with Gasteiger partial charge < -0.3 is 14.7 Å². The number of hydrogen-bond acceptors (Lipinski definition) is 5. The molecule has 1 N–H and O–H groups in total. The lowest BCUT2D eigenvalue weighted by Crippen LogP contribution is -2.64. The molecule has 1 unspecified atom stereocenters. The van der Waals surface area contributed by atoms with E-state index in [2.05, 4.69) is 4.90 Å². The third-order valence-corrected chi connectivity index (χ3v) is 9.93. The van der Waals surface area contributed by atoms with Gasteiger partial charge in [-0.05, 0) is 62.4 Å². The van der Waals surface area contributed by atoms with Gasteiger partial charge in [0, 0.05) is 75.4 Å². The molecule has 3 saturated heterocycles. The van der Waals surface area contributed by atoms with Crippen LogP contribution >= 0.6 is 11.6 Å². The molecule has 0 spiro atoms. The van der Waals surface area contributed by atoms with E-state index >= 15 is 4.39 Å². The summed E-state index contributed by atoms with van der Waals surface area (Å²) >= 11 is 6.04. The number of piperazine rings is 1. The van der Waals surface area contributed by atoms with Gasteiger partial charge in [-0.15, -0.1) is 0 Å². The first-order valence-corrected chi connectivity index (χ1v) is 15.3. The van der Waals surface area contributed by atoms with Crippen LogP contribution in [0.2, 0.25) is 5.02 Å². The fraction of sp³-hybridized carbons (Fsp3) is 0.562. The lowest BCUT2D eigenvalue weighted by atomic mass is 9.86. The predicted molar refractivity (Wildman–Crippen MR) is 157 cm³/mol. The van der Waals surface area contributed by atoms with E-state index in [-0.39, 0.29) is 61.1 Å². The highest BCUT2D eigenvalue weighted by Crippen LogP contribution is 2.39. The molecule has 3 heterocycles. The maximum atomic E-state index is 15.2. The van der Waals surface area contributed by atoms with E-state index in [0.717, 1.165) is 12.8 Å². The zero-order valence-electron chi connectivity index (χ0n) is 24.8. The number of carboxylic acids is 1. The third-order valence-electron chi connectivity index (χ3n) is 9.69. The van der Waals surface area contributed by atoms with Crippen molar-refractivity contribution in [2.24, 2.45) is 5.92 Å². The number of likely N-dealkylation sites (tertiary alicyclic amines) is 1. The van der Waals surface area contributed by atoms with Crippen LogP contribution < -0.4 is 0 Å². The molecule has 7 nitrogen and oxygen atoms in total. The minimum atomic E-state index is -1.52. The summed E-state index contributed by atoms with van der Waals surface area (Å²) in [6, 6.07) is 7.37. The average molecular weight is 622 g/mol. The number of rotatable bonds is 7. The molecule has 2 aromatic carbocycles. The molecular weight excluding hydrogens is 583 g/mol. The molecule has 0 aromatic heterocycles. The van der Waals surface area contributed by atoms with Crippen molar-refractivity contribution in [3.63, 3.8) is 0 Å². The number of aryl methyl sites for hydroxylation is 1. The molecular formula is C32H39ClF3N3O4. The molecule has 0 bridgehead atoms. The van der Waals surface area contributed by atoms with Crippen molar-refractivity contribution in [3.05, 3.63) is 69.5 Å². The number of hydrogen-bond donors (Lipinski definition) is 1. The summed E-state index contributed by atoms with van der Waals surface area (Å²) in [6.45, 7) is 7.91. The van der Waals surface area contributed by atoms with Crippen LogP contribution in [0.3, 0.4) is 0 Å². The molecule has 5 rings (SSSR count). The Balaban J connectivity index is 1.35. The lowest BCUT2D eigenvalue weighted by molar-refractivity contribution is -0.154. The van der Waals surface area contributed by atoms with Crippen molar-refractivity contribution in [1.29, 1.82) is 0 Å². The van der Waals surface area contributed by atoms with E-state index in [1.807, 2.05) is 6.92 Å². The topological polar surface area (TPSA) is 73.3 Å². The summed E-state index contributed by atoms with van der Waals surface area (Å²) in [5.41, 5.74) is -0.910. The van der Waals surface area contributed by atoms with Gasteiger partial charge >= 0.3 is 5.97 Å². The maximum Gasteiger partial charge on any atom is 0.324 e. The second kappa shape index (κ2) is 12.8. The van der Waals surface area contributed by atoms with Gasteiger partial charge in [0.15, 0.2) is 11.6 Å². The fourth-order valence-electron chi connectivity index (χ4n) is 7.01. The Hall–Kier alpha value is -2.66. The zero-order valence-corrected chi connectivity index (χ0v) is 25.5. The van der Waals surface area contributed by atoms with Crippen LogP contribution in [-0.4, -0.2) is 95.2 Å². The van der Waals surface area contributed by atoms with E-state index < -0.39 is 34.9 Å². The van der Waals surface area contributed by atoms with Crippen LogP contribution in [0.25, 0.3) is 0 Å². The molecule has 2 aromatic rings.